The summed E-state index contributed by atoms with van der Waals surface area (Å²) in [5.41, 5.74) is 1.24. The highest BCUT2D eigenvalue weighted by Gasteiger charge is 2.17. The second-order valence-electron chi connectivity index (χ2n) is 5.09. The van der Waals surface area contributed by atoms with Gasteiger partial charge in [-0.1, -0.05) is 0 Å². The molecule has 0 N–H and O–H groups in total. The van der Waals surface area contributed by atoms with E-state index in [4.69, 9.17) is 19.2 Å². The van der Waals surface area contributed by atoms with Gasteiger partial charge >= 0.3 is 5.97 Å². The van der Waals surface area contributed by atoms with Gasteiger partial charge < -0.3 is 13.9 Å². The number of rotatable bonds is 5. The van der Waals surface area contributed by atoms with Crippen LogP contribution in [-0.2, 0) is 4.79 Å². The summed E-state index contributed by atoms with van der Waals surface area (Å²) in [5, 5.41) is 16.2. The SMILES string of the molecule is C[C@@H](Oc1ccc(C#N)cc1)C(=O)Oc1ccc(-c2nnco2)cc1. The Morgan fingerprint density at radius 1 is 1.12 bits per heavy atom. The average Bonchev–Trinajstić information content (AvgIpc) is 3.17. The summed E-state index contributed by atoms with van der Waals surface area (Å²) in [6.45, 7) is 1.59. The van der Waals surface area contributed by atoms with Gasteiger partial charge in [0.2, 0.25) is 12.3 Å². The van der Waals surface area contributed by atoms with E-state index in [9.17, 15) is 4.79 Å². The van der Waals surface area contributed by atoms with Crippen molar-refractivity contribution in [1.29, 1.82) is 5.26 Å². The number of hydrogen-bond donors (Lipinski definition) is 0. The molecule has 0 unspecified atom stereocenters. The van der Waals surface area contributed by atoms with Crippen LogP contribution in [0.3, 0.4) is 0 Å². The van der Waals surface area contributed by atoms with Gasteiger partial charge in [0, 0.05) is 5.56 Å². The lowest BCUT2D eigenvalue weighted by Crippen LogP contribution is -2.28. The molecule has 0 aliphatic rings. The van der Waals surface area contributed by atoms with Crippen LogP contribution < -0.4 is 9.47 Å². The minimum atomic E-state index is -0.802. The lowest BCUT2D eigenvalue weighted by molar-refractivity contribution is -0.141. The summed E-state index contributed by atoms with van der Waals surface area (Å²) in [4.78, 5) is 12.1. The van der Waals surface area contributed by atoms with Gasteiger partial charge in [0.1, 0.15) is 11.5 Å². The maximum atomic E-state index is 12.1. The molecule has 3 aromatic rings. The van der Waals surface area contributed by atoms with E-state index in [-0.39, 0.29) is 0 Å². The van der Waals surface area contributed by atoms with Gasteiger partial charge in [-0.2, -0.15) is 5.26 Å². The van der Waals surface area contributed by atoms with E-state index < -0.39 is 12.1 Å². The molecule has 0 saturated carbocycles. The first-order chi connectivity index (χ1) is 12.2. The number of benzene rings is 2. The van der Waals surface area contributed by atoms with Crippen molar-refractivity contribution in [3.63, 3.8) is 0 Å². The van der Waals surface area contributed by atoms with Crippen LogP contribution in [0.15, 0.2) is 59.3 Å². The highest BCUT2D eigenvalue weighted by molar-refractivity contribution is 5.77. The van der Waals surface area contributed by atoms with Gasteiger partial charge in [-0.25, -0.2) is 4.79 Å². The van der Waals surface area contributed by atoms with Crippen LogP contribution in [0.2, 0.25) is 0 Å². The highest BCUT2D eigenvalue weighted by Crippen LogP contribution is 2.21. The monoisotopic (exact) mass is 335 g/mol. The fourth-order valence-electron chi connectivity index (χ4n) is 2.02. The Morgan fingerprint density at radius 2 is 1.80 bits per heavy atom. The van der Waals surface area contributed by atoms with Gasteiger partial charge in [-0.05, 0) is 55.5 Å². The summed E-state index contributed by atoms with van der Waals surface area (Å²) in [6, 6.07) is 15.2. The minimum Gasteiger partial charge on any atom is -0.479 e. The molecule has 0 spiro atoms. The largest absolute Gasteiger partial charge is 0.479 e. The van der Waals surface area contributed by atoms with Crippen LogP contribution in [0.4, 0.5) is 0 Å². The number of esters is 1. The molecule has 25 heavy (non-hydrogen) atoms. The number of ether oxygens (including phenoxy) is 2. The molecule has 0 amide bonds. The van der Waals surface area contributed by atoms with Crippen molar-refractivity contribution in [2.24, 2.45) is 0 Å². The molecule has 0 fully saturated rings. The first-order valence-electron chi connectivity index (χ1n) is 7.41. The fourth-order valence-corrected chi connectivity index (χ4v) is 2.02. The van der Waals surface area contributed by atoms with Crippen LogP contribution in [0, 0.1) is 11.3 Å². The molecule has 7 nitrogen and oxygen atoms in total. The predicted octanol–water partition coefficient (Wildman–Crippen LogP) is 2.98. The van der Waals surface area contributed by atoms with Crippen molar-refractivity contribution in [3.8, 4) is 29.0 Å². The van der Waals surface area contributed by atoms with Gasteiger partial charge in [0.15, 0.2) is 6.10 Å². The van der Waals surface area contributed by atoms with Crippen molar-refractivity contribution in [1.82, 2.24) is 10.2 Å². The second-order valence-corrected chi connectivity index (χ2v) is 5.09. The molecule has 0 aliphatic carbocycles. The van der Waals surface area contributed by atoms with E-state index >= 15 is 0 Å². The third kappa shape index (κ3) is 4.00. The zero-order valence-electron chi connectivity index (χ0n) is 13.2. The molecule has 124 valence electrons. The summed E-state index contributed by atoms with van der Waals surface area (Å²) >= 11 is 0. The summed E-state index contributed by atoms with van der Waals surface area (Å²) in [5.74, 6) is 0.712. The lowest BCUT2D eigenvalue weighted by Gasteiger charge is -2.13. The number of carbonyl (C=O) groups excluding carboxylic acids is 1. The van der Waals surface area contributed by atoms with E-state index in [1.165, 1.54) is 6.39 Å². The molecule has 1 heterocycles. The highest BCUT2D eigenvalue weighted by atomic mass is 16.6. The van der Waals surface area contributed by atoms with Gasteiger partial charge in [0.25, 0.3) is 0 Å². The second kappa shape index (κ2) is 7.27. The first kappa shape index (κ1) is 16.2. The zero-order valence-corrected chi connectivity index (χ0v) is 13.2. The Morgan fingerprint density at radius 3 is 2.40 bits per heavy atom. The molecule has 7 heteroatoms. The van der Waals surface area contributed by atoms with Gasteiger partial charge in [-0.3, -0.25) is 0 Å². The number of carbonyl (C=O) groups is 1. The Hall–Kier alpha value is -3.66. The fraction of sp³-hybridized carbons (Fsp3) is 0.111. The zero-order chi connectivity index (χ0) is 17.6. The van der Waals surface area contributed by atoms with Crippen LogP contribution in [-0.4, -0.2) is 22.3 Å². The van der Waals surface area contributed by atoms with Crippen LogP contribution in [0.1, 0.15) is 12.5 Å². The molecule has 3 rings (SSSR count). The van der Waals surface area contributed by atoms with Crippen molar-refractivity contribution in [3.05, 3.63) is 60.5 Å². The maximum absolute atomic E-state index is 12.1. The molecule has 0 aliphatic heterocycles. The molecule has 1 atom stereocenters. The Kier molecular flexibility index (Phi) is 4.72. The lowest BCUT2D eigenvalue weighted by atomic mass is 10.2. The molecular weight excluding hydrogens is 322 g/mol. The average molecular weight is 335 g/mol. The van der Waals surface area contributed by atoms with E-state index in [0.29, 0.717) is 23.0 Å². The van der Waals surface area contributed by atoms with Crippen molar-refractivity contribution in [2.45, 2.75) is 13.0 Å². The molecule has 0 radical (unpaired) electrons. The van der Waals surface area contributed by atoms with Crippen molar-refractivity contribution < 1.29 is 18.7 Å². The van der Waals surface area contributed by atoms with E-state index in [2.05, 4.69) is 10.2 Å². The van der Waals surface area contributed by atoms with Gasteiger partial charge in [-0.15, -0.1) is 10.2 Å². The molecular formula is C18H13N3O4. The van der Waals surface area contributed by atoms with E-state index in [1.54, 1.807) is 55.5 Å². The predicted molar refractivity (Wildman–Crippen MR) is 86.6 cm³/mol. The quantitative estimate of drug-likeness (QED) is 0.522. The first-order valence-corrected chi connectivity index (χ1v) is 7.41. The van der Waals surface area contributed by atoms with E-state index in [0.717, 1.165) is 5.56 Å². The number of aromatic nitrogens is 2. The normalized spacial score (nSPS) is 11.4. The molecule has 1 aromatic heterocycles. The summed E-state index contributed by atoms with van der Waals surface area (Å²) < 4.78 is 15.9. The Labute approximate surface area is 143 Å². The van der Waals surface area contributed by atoms with Crippen LogP contribution >= 0.6 is 0 Å². The van der Waals surface area contributed by atoms with Crippen molar-refractivity contribution >= 4 is 5.97 Å². The molecule has 2 aromatic carbocycles. The number of nitrogens with zero attached hydrogens (tertiary/aromatic N) is 3. The standard InChI is InChI=1S/C18H13N3O4/c1-12(24-15-6-2-13(10-19)3-7-15)18(22)25-16-8-4-14(5-9-16)17-21-20-11-23-17/h2-9,11-12H,1H3/t12-/m1/s1. The third-order valence-electron chi connectivity index (χ3n) is 3.31. The number of hydrogen-bond acceptors (Lipinski definition) is 7. The topological polar surface area (TPSA) is 98.2 Å². The van der Waals surface area contributed by atoms with Crippen LogP contribution in [0.25, 0.3) is 11.5 Å². The molecule has 0 bridgehead atoms. The number of nitriles is 1. The smallest absolute Gasteiger partial charge is 0.352 e. The van der Waals surface area contributed by atoms with E-state index in [1.807, 2.05) is 6.07 Å². The Balaban J connectivity index is 1.60. The molecule has 0 saturated heterocycles. The summed E-state index contributed by atoms with van der Waals surface area (Å²) in [7, 11) is 0. The Bertz CT molecular complexity index is 882. The maximum Gasteiger partial charge on any atom is 0.352 e. The van der Waals surface area contributed by atoms with Crippen molar-refractivity contribution in [2.75, 3.05) is 0 Å². The van der Waals surface area contributed by atoms with Crippen LogP contribution in [0.5, 0.6) is 11.5 Å². The minimum absolute atomic E-state index is 0.378. The van der Waals surface area contributed by atoms with Gasteiger partial charge in [0.05, 0.1) is 11.6 Å². The summed E-state index contributed by atoms with van der Waals surface area (Å²) in [6.07, 6.45) is 0.439. The third-order valence-corrected chi connectivity index (χ3v) is 3.31.